The molecule has 0 amide bonds. The van der Waals surface area contributed by atoms with Gasteiger partial charge in [-0.2, -0.15) is 18.2 Å². The van der Waals surface area contributed by atoms with Crippen LogP contribution in [0.2, 0.25) is 0 Å². The summed E-state index contributed by atoms with van der Waals surface area (Å²) in [4.78, 5) is 7.93. The van der Waals surface area contributed by atoms with Crippen LogP contribution in [0, 0.1) is 0 Å². The first-order valence-corrected chi connectivity index (χ1v) is 10.8. The third kappa shape index (κ3) is 7.00. The van der Waals surface area contributed by atoms with Gasteiger partial charge in [-0.25, -0.2) is 4.98 Å². The Labute approximate surface area is 191 Å². The Kier molecular flexibility index (Phi) is 8.34. The highest BCUT2D eigenvalue weighted by Gasteiger charge is 2.35. The summed E-state index contributed by atoms with van der Waals surface area (Å²) < 4.78 is 51.9. The third-order valence-corrected chi connectivity index (χ3v) is 4.66. The van der Waals surface area contributed by atoms with Crippen molar-refractivity contribution in [2.24, 2.45) is 0 Å². The minimum atomic E-state index is -4.63. The highest BCUT2D eigenvalue weighted by atomic mass is 19.4. The summed E-state index contributed by atoms with van der Waals surface area (Å²) in [5.41, 5.74) is 0.0191. The van der Waals surface area contributed by atoms with E-state index in [4.69, 9.17) is 9.47 Å². The second-order valence-corrected chi connectivity index (χ2v) is 7.21. The number of alkyl halides is 3. The van der Waals surface area contributed by atoms with E-state index in [9.17, 15) is 13.2 Å². The number of hydrogen-bond donors (Lipinski definition) is 2. The number of hydrogen-bond acceptors (Lipinski definition) is 6. The standard InChI is InChI=1S/C24H27F3N4O2/c1-3-5-8-15-33-18-13-11-17(12-14-18)29-23-28-16-19(24(25,26)27)22(31-23)30-20-9-6-7-10-21(20)32-4-2/h6-7,9-14,16H,3-5,8,15H2,1-2H3,(H2,28,29,30,31). The van der Waals surface area contributed by atoms with E-state index in [1.807, 2.05) is 0 Å². The predicted octanol–water partition coefficient (Wildman–Crippen LogP) is 6.95. The largest absolute Gasteiger partial charge is 0.494 e. The molecule has 0 fully saturated rings. The fourth-order valence-electron chi connectivity index (χ4n) is 3.03. The summed E-state index contributed by atoms with van der Waals surface area (Å²) in [6, 6.07) is 13.8. The molecule has 0 aliphatic heterocycles. The van der Waals surface area contributed by atoms with Crippen LogP contribution in [0.25, 0.3) is 0 Å². The van der Waals surface area contributed by atoms with Crippen molar-refractivity contribution in [2.45, 2.75) is 39.3 Å². The second-order valence-electron chi connectivity index (χ2n) is 7.21. The molecular weight excluding hydrogens is 433 g/mol. The van der Waals surface area contributed by atoms with Crippen LogP contribution < -0.4 is 20.1 Å². The van der Waals surface area contributed by atoms with E-state index in [0.29, 0.717) is 30.3 Å². The van der Waals surface area contributed by atoms with E-state index < -0.39 is 11.7 Å². The monoisotopic (exact) mass is 460 g/mol. The topological polar surface area (TPSA) is 68.3 Å². The number of benzene rings is 2. The maximum absolute atomic E-state index is 13.6. The Morgan fingerprint density at radius 1 is 0.909 bits per heavy atom. The summed E-state index contributed by atoms with van der Waals surface area (Å²) in [6.07, 6.45) is -0.661. The van der Waals surface area contributed by atoms with Crippen molar-refractivity contribution in [1.82, 2.24) is 9.97 Å². The Morgan fingerprint density at radius 2 is 1.67 bits per heavy atom. The summed E-state index contributed by atoms with van der Waals surface area (Å²) in [5, 5.41) is 5.68. The number of aromatic nitrogens is 2. The molecule has 0 bridgehead atoms. The van der Waals surface area contributed by atoms with E-state index >= 15 is 0 Å². The molecular formula is C24H27F3N4O2. The van der Waals surface area contributed by atoms with Gasteiger partial charge in [0.15, 0.2) is 0 Å². The molecule has 0 unspecified atom stereocenters. The lowest BCUT2D eigenvalue weighted by Crippen LogP contribution is -2.13. The van der Waals surface area contributed by atoms with Crippen LogP contribution in [-0.4, -0.2) is 23.2 Å². The molecule has 3 aromatic rings. The molecule has 6 nitrogen and oxygen atoms in total. The predicted molar refractivity (Wildman–Crippen MR) is 123 cm³/mol. The zero-order valence-electron chi connectivity index (χ0n) is 18.6. The van der Waals surface area contributed by atoms with Crippen LogP contribution in [0.3, 0.4) is 0 Å². The van der Waals surface area contributed by atoms with Crippen LogP contribution in [0.5, 0.6) is 11.5 Å². The van der Waals surface area contributed by atoms with Gasteiger partial charge in [0, 0.05) is 11.9 Å². The number of rotatable bonds is 11. The van der Waals surface area contributed by atoms with Gasteiger partial charge in [0.05, 0.1) is 18.9 Å². The Bertz CT molecular complexity index is 1030. The Hall–Kier alpha value is -3.49. The normalized spacial score (nSPS) is 11.2. The van der Waals surface area contributed by atoms with Crippen LogP contribution in [-0.2, 0) is 6.18 Å². The van der Waals surface area contributed by atoms with E-state index in [1.165, 1.54) is 0 Å². The highest BCUT2D eigenvalue weighted by molar-refractivity contribution is 5.67. The van der Waals surface area contributed by atoms with Crippen molar-refractivity contribution in [1.29, 1.82) is 0 Å². The van der Waals surface area contributed by atoms with Crippen molar-refractivity contribution >= 4 is 23.1 Å². The molecule has 0 saturated heterocycles. The lowest BCUT2D eigenvalue weighted by atomic mass is 10.2. The number of ether oxygens (including phenoxy) is 2. The zero-order chi connectivity index (χ0) is 23.7. The van der Waals surface area contributed by atoms with Crippen molar-refractivity contribution in [3.05, 3.63) is 60.3 Å². The van der Waals surface area contributed by atoms with Gasteiger partial charge in [-0.05, 0) is 49.7 Å². The fourth-order valence-corrected chi connectivity index (χ4v) is 3.03. The van der Waals surface area contributed by atoms with Crippen molar-refractivity contribution in [2.75, 3.05) is 23.8 Å². The lowest BCUT2D eigenvalue weighted by molar-refractivity contribution is -0.137. The molecule has 2 aromatic carbocycles. The molecule has 176 valence electrons. The van der Waals surface area contributed by atoms with E-state index in [-0.39, 0.29) is 11.8 Å². The number of nitrogens with one attached hydrogen (secondary N) is 2. The molecule has 0 spiro atoms. The molecule has 0 atom stereocenters. The minimum absolute atomic E-state index is 0.0241. The summed E-state index contributed by atoms with van der Waals surface area (Å²) >= 11 is 0. The number of nitrogens with zero attached hydrogens (tertiary/aromatic N) is 2. The van der Waals surface area contributed by atoms with Gasteiger partial charge in [0.1, 0.15) is 22.9 Å². The van der Waals surface area contributed by atoms with Gasteiger partial charge < -0.3 is 20.1 Å². The molecule has 0 aliphatic carbocycles. The first-order chi connectivity index (χ1) is 15.9. The SMILES string of the molecule is CCCCCOc1ccc(Nc2ncc(C(F)(F)F)c(Nc3ccccc3OCC)n2)cc1. The maximum Gasteiger partial charge on any atom is 0.421 e. The van der Waals surface area contributed by atoms with E-state index in [2.05, 4.69) is 27.5 Å². The van der Waals surface area contributed by atoms with Gasteiger partial charge in [-0.1, -0.05) is 31.9 Å². The van der Waals surface area contributed by atoms with Gasteiger partial charge in [0.25, 0.3) is 0 Å². The molecule has 0 radical (unpaired) electrons. The average molecular weight is 461 g/mol. The Balaban J connectivity index is 1.79. The molecule has 0 aliphatic rings. The fraction of sp³-hybridized carbons (Fsp3) is 0.333. The molecule has 9 heteroatoms. The summed E-state index contributed by atoms with van der Waals surface area (Å²) in [5.74, 6) is 0.801. The molecule has 1 aromatic heterocycles. The van der Waals surface area contributed by atoms with E-state index in [0.717, 1.165) is 31.2 Å². The zero-order valence-corrected chi connectivity index (χ0v) is 18.6. The van der Waals surface area contributed by atoms with Gasteiger partial charge in [-0.3, -0.25) is 0 Å². The summed E-state index contributed by atoms with van der Waals surface area (Å²) in [6.45, 7) is 4.94. The molecule has 1 heterocycles. The molecule has 33 heavy (non-hydrogen) atoms. The quantitative estimate of drug-likeness (QED) is 0.302. The highest BCUT2D eigenvalue weighted by Crippen LogP contribution is 2.37. The molecule has 0 saturated carbocycles. The minimum Gasteiger partial charge on any atom is -0.494 e. The average Bonchev–Trinajstić information content (AvgIpc) is 2.79. The van der Waals surface area contributed by atoms with Gasteiger partial charge >= 0.3 is 6.18 Å². The third-order valence-electron chi connectivity index (χ3n) is 4.66. The van der Waals surface area contributed by atoms with Crippen molar-refractivity contribution < 1.29 is 22.6 Å². The second kappa shape index (κ2) is 11.4. The number of anilines is 4. The number of para-hydroxylation sites is 2. The first-order valence-electron chi connectivity index (χ1n) is 10.8. The summed E-state index contributed by atoms with van der Waals surface area (Å²) in [7, 11) is 0. The Morgan fingerprint density at radius 3 is 2.36 bits per heavy atom. The van der Waals surface area contributed by atoms with Crippen molar-refractivity contribution in [3.63, 3.8) is 0 Å². The van der Waals surface area contributed by atoms with Crippen LogP contribution >= 0.6 is 0 Å². The van der Waals surface area contributed by atoms with E-state index in [1.54, 1.807) is 55.5 Å². The molecule has 2 N–H and O–H groups in total. The smallest absolute Gasteiger partial charge is 0.421 e. The maximum atomic E-state index is 13.6. The number of halogens is 3. The number of unbranched alkanes of at least 4 members (excludes halogenated alkanes) is 2. The van der Waals surface area contributed by atoms with Gasteiger partial charge in [-0.15, -0.1) is 0 Å². The van der Waals surface area contributed by atoms with Gasteiger partial charge in [0.2, 0.25) is 5.95 Å². The first kappa shape index (κ1) is 24.2. The van der Waals surface area contributed by atoms with Crippen LogP contribution in [0.1, 0.15) is 38.7 Å². The molecule has 3 rings (SSSR count). The lowest BCUT2D eigenvalue weighted by Gasteiger charge is -2.17. The van der Waals surface area contributed by atoms with Crippen LogP contribution in [0.4, 0.5) is 36.3 Å². The van der Waals surface area contributed by atoms with Crippen molar-refractivity contribution in [3.8, 4) is 11.5 Å². The van der Waals surface area contributed by atoms with Crippen LogP contribution in [0.15, 0.2) is 54.7 Å².